The number of benzene rings is 3. The Balaban J connectivity index is 0.00000256. The molecule has 0 amide bonds. The molecule has 0 saturated carbocycles. The number of pyridine rings is 2. The third-order valence-corrected chi connectivity index (χ3v) is 8.50. The average Bonchev–Trinajstić information content (AvgIpc) is 3.01. The second kappa shape index (κ2) is 17.6. The Hall–Kier alpha value is -2.67. The Bertz CT molecular complexity index is 2070. The Kier molecular flexibility index (Phi) is 15.2. The summed E-state index contributed by atoms with van der Waals surface area (Å²) in [6.07, 6.45) is 2.82. The van der Waals surface area contributed by atoms with E-state index in [1.807, 2.05) is 0 Å². The minimum atomic E-state index is -4.11. The predicted octanol–water partition coefficient (Wildman–Crippen LogP) is -2.87. The van der Waals surface area contributed by atoms with E-state index in [2.05, 4.69) is 29.6 Å². The molecule has 1 N–H and O–H groups in total. The molecule has 18 heteroatoms. The van der Waals surface area contributed by atoms with E-state index >= 15 is 0 Å². The third kappa shape index (κ3) is 10.4. The van der Waals surface area contributed by atoms with E-state index in [-0.39, 0.29) is 133 Å². The average molecular weight is 697 g/mol. The molecular formula is C29H19N6Na3O7S2. The van der Waals surface area contributed by atoms with E-state index in [9.17, 15) is 31.8 Å². The second-order valence-corrected chi connectivity index (χ2v) is 12.1. The number of hydrogen-bond donors (Lipinski definition) is 1. The van der Waals surface area contributed by atoms with Crippen LogP contribution in [-0.4, -0.2) is 37.9 Å². The molecule has 0 saturated heterocycles. The summed E-state index contributed by atoms with van der Waals surface area (Å²) in [7, 11) is -8.15. The summed E-state index contributed by atoms with van der Waals surface area (Å²) < 4.78 is 57.8. The summed E-state index contributed by atoms with van der Waals surface area (Å²) in [4.78, 5) is 19.3. The normalized spacial score (nSPS) is 11.0. The zero-order chi connectivity index (χ0) is 31.3. The van der Waals surface area contributed by atoms with Crippen LogP contribution in [0.3, 0.4) is 0 Å². The van der Waals surface area contributed by atoms with E-state index in [4.69, 9.17) is 0 Å². The van der Waals surface area contributed by atoms with E-state index in [1.54, 1.807) is 24.3 Å². The van der Waals surface area contributed by atoms with Crippen molar-refractivity contribution < 1.29 is 121 Å². The van der Waals surface area contributed by atoms with Gasteiger partial charge in [0.25, 0.3) is 0 Å². The maximum atomic E-state index is 13.0. The fourth-order valence-electron chi connectivity index (χ4n) is 3.82. The number of carboxylic acid groups (broad SMARTS) is 1. The van der Waals surface area contributed by atoms with Gasteiger partial charge in [-0.1, -0.05) is 66.7 Å². The van der Waals surface area contributed by atoms with Crippen molar-refractivity contribution in [3.8, 4) is 16.9 Å². The number of aromatic nitrogens is 2. The van der Waals surface area contributed by atoms with Crippen molar-refractivity contribution in [3.05, 3.63) is 124 Å². The molecule has 0 bridgehead atoms. The molecule has 5 aromatic rings. The van der Waals surface area contributed by atoms with Crippen LogP contribution in [0, 0.1) is 0 Å². The standard InChI is InChI=1S/C29H21N6O7S2.3Na/c36-28-24(19-7-11-22(12-8-19)43(39,40)34-26-5-1-3-15-30-26)17-21(18-25(28)29(37)38)33-32-20-9-13-23(14-10-20)44(41,42)35-27-6-2-4-16-31-27;;;/h1-18H,(H3-,30,31,32,34,35,36,37,38);;;/q-1;3*+1/p-2. The first-order valence-corrected chi connectivity index (χ1v) is 15.4. The maximum absolute atomic E-state index is 13.0. The molecule has 222 valence electrons. The first kappa shape index (κ1) is 40.5. The van der Waals surface area contributed by atoms with Gasteiger partial charge < -0.3 is 29.6 Å². The molecular weight excluding hydrogens is 677 g/mol. The molecule has 2 aromatic heterocycles. The largest absolute Gasteiger partial charge is 1.00 e. The van der Waals surface area contributed by atoms with Crippen LogP contribution in [0.15, 0.2) is 129 Å². The molecule has 47 heavy (non-hydrogen) atoms. The van der Waals surface area contributed by atoms with E-state index in [0.717, 1.165) is 6.07 Å². The summed E-state index contributed by atoms with van der Waals surface area (Å²) in [6, 6.07) is 22.1. The molecule has 0 spiro atoms. The number of azo groups is 1. The quantitative estimate of drug-likeness (QED) is 0.117. The van der Waals surface area contributed by atoms with Crippen LogP contribution in [0.2, 0.25) is 0 Å². The summed E-state index contributed by atoms with van der Waals surface area (Å²) in [5, 5.41) is 30.6. The Labute approximate surface area is 337 Å². The smallest absolute Gasteiger partial charge is 0.871 e. The van der Waals surface area contributed by atoms with Crippen LogP contribution < -0.4 is 93.8 Å². The molecule has 5 rings (SSSR count). The van der Waals surface area contributed by atoms with Crippen LogP contribution >= 0.6 is 0 Å². The molecule has 0 fully saturated rings. The number of hydrogen-bond acceptors (Lipinski definition) is 10. The van der Waals surface area contributed by atoms with Gasteiger partial charge in [0.15, 0.2) is 0 Å². The fraction of sp³-hybridized carbons (Fsp3) is 0. The Morgan fingerprint density at radius 3 is 1.57 bits per heavy atom. The van der Waals surface area contributed by atoms with E-state index < -0.39 is 37.3 Å². The van der Waals surface area contributed by atoms with Crippen LogP contribution in [-0.2, 0) is 20.0 Å². The maximum Gasteiger partial charge on any atom is 1.00 e. The Morgan fingerprint density at radius 1 is 0.660 bits per heavy atom. The van der Waals surface area contributed by atoms with Gasteiger partial charge in [-0.15, -0.1) is 0 Å². The van der Waals surface area contributed by atoms with Crippen molar-refractivity contribution in [1.82, 2.24) is 9.97 Å². The van der Waals surface area contributed by atoms with Crippen molar-refractivity contribution >= 4 is 49.0 Å². The zero-order valence-corrected chi connectivity index (χ0v) is 32.9. The summed E-state index contributed by atoms with van der Waals surface area (Å²) in [6.45, 7) is 0. The summed E-state index contributed by atoms with van der Waals surface area (Å²) in [5.74, 6) is -2.28. The van der Waals surface area contributed by atoms with E-state index in [1.165, 1.54) is 79.1 Å². The first-order valence-electron chi connectivity index (χ1n) is 12.5. The molecule has 0 unspecified atom stereocenters. The van der Waals surface area contributed by atoms with Crippen molar-refractivity contribution in [3.63, 3.8) is 0 Å². The van der Waals surface area contributed by atoms with Gasteiger partial charge in [-0.3, -0.25) is 0 Å². The molecule has 3 aromatic carbocycles. The summed E-state index contributed by atoms with van der Waals surface area (Å²) in [5.41, 5.74) is -0.145. The number of carbonyl (C=O) groups is 1. The van der Waals surface area contributed by atoms with Crippen molar-refractivity contribution in [2.45, 2.75) is 9.79 Å². The third-order valence-electron chi connectivity index (χ3n) is 5.91. The van der Waals surface area contributed by atoms with Gasteiger partial charge in [-0.2, -0.15) is 10.2 Å². The van der Waals surface area contributed by atoms with Crippen LogP contribution in [0.1, 0.15) is 10.4 Å². The van der Waals surface area contributed by atoms with Gasteiger partial charge >= 0.3 is 94.6 Å². The number of rotatable bonds is 10. The molecule has 2 heterocycles. The second-order valence-electron chi connectivity index (χ2n) is 8.90. The summed E-state index contributed by atoms with van der Waals surface area (Å²) >= 11 is 0. The van der Waals surface area contributed by atoms with Crippen LogP contribution in [0.4, 0.5) is 23.0 Å². The number of sulfonamides is 2. The topological polar surface area (TPSA) is 207 Å². The number of carboxylic acids is 1. The number of aromatic carboxylic acids is 1. The minimum absolute atomic E-state index is 0. The minimum Gasteiger partial charge on any atom is -0.871 e. The van der Waals surface area contributed by atoms with Gasteiger partial charge in [-0.05, 0) is 71.3 Å². The molecule has 0 aliphatic heterocycles. The monoisotopic (exact) mass is 696 g/mol. The van der Waals surface area contributed by atoms with Crippen molar-refractivity contribution in [1.29, 1.82) is 0 Å². The molecule has 0 aliphatic carbocycles. The van der Waals surface area contributed by atoms with Gasteiger partial charge in [0.05, 0.1) is 26.7 Å². The van der Waals surface area contributed by atoms with E-state index in [0.29, 0.717) is 0 Å². The SMILES string of the molecule is O=C(O)c1cc(N=Nc2ccc(S(=O)(=O)[N-]c3ccccn3)cc2)cc(-c2ccc(S(=O)(=O)[N-]c3ccccn3)cc2)c1[O-].[Na+].[Na+].[Na+]. The zero-order valence-electron chi connectivity index (χ0n) is 25.3. The van der Waals surface area contributed by atoms with Gasteiger partial charge in [0.2, 0.25) is 20.0 Å². The van der Waals surface area contributed by atoms with Gasteiger partial charge in [0, 0.05) is 0 Å². The molecule has 0 aliphatic rings. The molecule has 0 radical (unpaired) electrons. The van der Waals surface area contributed by atoms with Crippen LogP contribution in [0.5, 0.6) is 5.75 Å². The molecule has 13 nitrogen and oxygen atoms in total. The van der Waals surface area contributed by atoms with Gasteiger partial charge in [-0.25, -0.2) is 21.6 Å². The van der Waals surface area contributed by atoms with Crippen molar-refractivity contribution in [2.24, 2.45) is 10.2 Å². The molecule has 0 atom stereocenters. The van der Waals surface area contributed by atoms with Gasteiger partial charge in [0.1, 0.15) is 0 Å². The Morgan fingerprint density at radius 2 is 1.13 bits per heavy atom. The van der Waals surface area contributed by atoms with Crippen LogP contribution in [0.25, 0.3) is 20.6 Å². The van der Waals surface area contributed by atoms with Crippen molar-refractivity contribution in [2.75, 3.05) is 0 Å². The first-order chi connectivity index (χ1) is 21.0. The predicted molar refractivity (Wildman–Crippen MR) is 158 cm³/mol. The fourth-order valence-corrected chi connectivity index (χ4v) is 5.70. The number of nitrogens with zero attached hydrogens (tertiary/aromatic N) is 6.